The minimum Gasteiger partial charge on any atom is -0.333 e. The van der Waals surface area contributed by atoms with Gasteiger partial charge < -0.3 is 19.6 Å². The molecule has 0 saturated carbocycles. The van der Waals surface area contributed by atoms with Gasteiger partial charge in [0.25, 0.3) is 0 Å². The molecule has 4 heterocycles. The summed E-state index contributed by atoms with van der Waals surface area (Å²) in [5, 5.41) is 0. The fraction of sp³-hybridized carbons (Fsp3) is 0.120. The normalized spacial score (nSPS) is 14.7. The molecule has 0 spiro atoms. The number of pyridine rings is 2. The SMILES string of the molecule is c1ccc(N2CN(CN3CN(c4ccccc4)c4ncccc43)c3cccnc32)cc1. The molecule has 2 aromatic carbocycles. The van der Waals surface area contributed by atoms with Gasteiger partial charge in [0.2, 0.25) is 0 Å². The summed E-state index contributed by atoms with van der Waals surface area (Å²) in [7, 11) is 0. The summed E-state index contributed by atoms with van der Waals surface area (Å²) in [6.45, 7) is 2.27. The van der Waals surface area contributed by atoms with Crippen LogP contribution in [0.15, 0.2) is 97.3 Å². The summed E-state index contributed by atoms with van der Waals surface area (Å²) in [4.78, 5) is 18.7. The van der Waals surface area contributed by atoms with Crippen molar-refractivity contribution in [2.24, 2.45) is 0 Å². The van der Waals surface area contributed by atoms with E-state index in [0.717, 1.165) is 54.4 Å². The highest BCUT2D eigenvalue weighted by molar-refractivity contribution is 5.82. The van der Waals surface area contributed by atoms with Crippen molar-refractivity contribution in [2.75, 3.05) is 39.6 Å². The van der Waals surface area contributed by atoms with Crippen LogP contribution in [-0.4, -0.2) is 30.0 Å². The quantitative estimate of drug-likeness (QED) is 0.477. The molecule has 0 N–H and O–H groups in total. The second-order valence-electron chi connectivity index (χ2n) is 7.72. The van der Waals surface area contributed by atoms with Crippen molar-refractivity contribution in [3.63, 3.8) is 0 Å². The van der Waals surface area contributed by atoms with E-state index >= 15 is 0 Å². The van der Waals surface area contributed by atoms with Crippen molar-refractivity contribution in [1.29, 1.82) is 0 Å². The molecule has 0 atom stereocenters. The number of rotatable bonds is 4. The van der Waals surface area contributed by atoms with Crippen LogP contribution in [-0.2, 0) is 0 Å². The lowest BCUT2D eigenvalue weighted by molar-refractivity contribution is 0.760. The van der Waals surface area contributed by atoms with Gasteiger partial charge in [0.15, 0.2) is 11.6 Å². The maximum Gasteiger partial charge on any atom is 0.158 e. The lowest BCUT2D eigenvalue weighted by Crippen LogP contribution is -2.40. The summed E-state index contributed by atoms with van der Waals surface area (Å²) in [5.41, 5.74) is 4.60. The third-order valence-electron chi connectivity index (χ3n) is 5.83. The molecule has 0 amide bonds. The maximum absolute atomic E-state index is 4.69. The molecule has 2 aliphatic rings. The first-order chi connectivity index (χ1) is 15.4. The Kier molecular flexibility index (Phi) is 4.20. The highest BCUT2D eigenvalue weighted by atomic mass is 15.5. The highest BCUT2D eigenvalue weighted by Gasteiger charge is 2.33. The van der Waals surface area contributed by atoms with Crippen LogP contribution in [0.1, 0.15) is 0 Å². The molecule has 31 heavy (non-hydrogen) atoms. The fourth-order valence-corrected chi connectivity index (χ4v) is 4.39. The van der Waals surface area contributed by atoms with E-state index in [0.29, 0.717) is 0 Å². The van der Waals surface area contributed by atoms with E-state index in [1.165, 1.54) is 0 Å². The minimum absolute atomic E-state index is 0.754. The van der Waals surface area contributed by atoms with E-state index in [2.05, 4.69) is 80.3 Å². The number of benzene rings is 2. The molecular weight excluding hydrogens is 384 g/mol. The first kappa shape index (κ1) is 17.8. The monoisotopic (exact) mass is 406 g/mol. The van der Waals surface area contributed by atoms with Crippen molar-refractivity contribution in [1.82, 2.24) is 9.97 Å². The topological polar surface area (TPSA) is 38.7 Å². The van der Waals surface area contributed by atoms with Gasteiger partial charge in [-0.3, -0.25) is 0 Å². The molecule has 0 fully saturated rings. The van der Waals surface area contributed by atoms with Crippen LogP contribution in [0.5, 0.6) is 0 Å². The van der Waals surface area contributed by atoms with E-state index in [4.69, 9.17) is 9.97 Å². The van der Waals surface area contributed by atoms with Gasteiger partial charge >= 0.3 is 0 Å². The molecule has 6 nitrogen and oxygen atoms in total. The van der Waals surface area contributed by atoms with Crippen LogP contribution in [0.4, 0.5) is 34.4 Å². The van der Waals surface area contributed by atoms with Crippen LogP contribution in [0, 0.1) is 0 Å². The first-order valence-corrected chi connectivity index (χ1v) is 10.4. The van der Waals surface area contributed by atoms with E-state index in [9.17, 15) is 0 Å². The molecule has 4 aromatic rings. The average Bonchev–Trinajstić information content (AvgIpc) is 3.40. The number of hydrogen-bond donors (Lipinski definition) is 0. The van der Waals surface area contributed by atoms with Gasteiger partial charge in [0, 0.05) is 23.8 Å². The molecule has 0 radical (unpaired) electrons. The van der Waals surface area contributed by atoms with E-state index in [1.807, 2.05) is 36.7 Å². The first-order valence-electron chi connectivity index (χ1n) is 10.4. The van der Waals surface area contributed by atoms with Gasteiger partial charge in [-0.25, -0.2) is 9.97 Å². The second kappa shape index (κ2) is 7.32. The molecule has 152 valence electrons. The van der Waals surface area contributed by atoms with E-state index in [-0.39, 0.29) is 0 Å². The van der Waals surface area contributed by atoms with Crippen LogP contribution in [0.25, 0.3) is 0 Å². The van der Waals surface area contributed by atoms with Crippen LogP contribution >= 0.6 is 0 Å². The van der Waals surface area contributed by atoms with Crippen molar-refractivity contribution in [3.05, 3.63) is 97.3 Å². The highest BCUT2D eigenvalue weighted by Crippen LogP contribution is 2.42. The Morgan fingerprint density at radius 2 is 1.00 bits per heavy atom. The van der Waals surface area contributed by atoms with Crippen molar-refractivity contribution in [3.8, 4) is 0 Å². The zero-order chi connectivity index (χ0) is 20.6. The van der Waals surface area contributed by atoms with Crippen LogP contribution < -0.4 is 19.6 Å². The smallest absolute Gasteiger partial charge is 0.158 e. The molecule has 2 aromatic heterocycles. The number of hydrogen-bond acceptors (Lipinski definition) is 6. The Balaban J connectivity index is 1.32. The Bertz CT molecular complexity index is 1100. The van der Waals surface area contributed by atoms with Crippen LogP contribution in [0.2, 0.25) is 0 Å². The number of para-hydroxylation sites is 2. The van der Waals surface area contributed by atoms with E-state index in [1.54, 1.807) is 0 Å². The third-order valence-corrected chi connectivity index (χ3v) is 5.83. The summed E-state index contributed by atoms with van der Waals surface area (Å²) in [6.07, 6.45) is 3.73. The zero-order valence-corrected chi connectivity index (χ0v) is 17.0. The van der Waals surface area contributed by atoms with E-state index < -0.39 is 0 Å². The Morgan fingerprint density at radius 1 is 0.548 bits per heavy atom. The lowest BCUT2D eigenvalue weighted by Gasteiger charge is -2.28. The number of fused-ring (bicyclic) bond motifs is 2. The van der Waals surface area contributed by atoms with Crippen LogP contribution in [0.3, 0.4) is 0 Å². The fourth-order valence-electron chi connectivity index (χ4n) is 4.39. The van der Waals surface area contributed by atoms with Crippen molar-refractivity contribution in [2.45, 2.75) is 0 Å². The Morgan fingerprint density at radius 3 is 1.45 bits per heavy atom. The Hall–Kier alpha value is -4.06. The molecule has 6 rings (SSSR count). The molecule has 0 aliphatic carbocycles. The predicted octanol–water partition coefficient (Wildman–Crippen LogP) is 4.97. The lowest BCUT2D eigenvalue weighted by atomic mass is 10.3. The maximum atomic E-state index is 4.69. The minimum atomic E-state index is 0.754. The van der Waals surface area contributed by atoms with Gasteiger partial charge in [0.05, 0.1) is 31.4 Å². The summed E-state index contributed by atoms with van der Waals surface area (Å²) in [6, 6.07) is 29.2. The number of aromatic nitrogens is 2. The Labute approximate surface area is 181 Å². The number of anilines is 6. The average molecular weight is 406 g/mol. The molecule has 6 heteroatoms. The molecule has 2 aliphatic heterocycles. The van der Waals surface area contributed by atoms with Gasteiger partial charge in [-0.2, -0.15) is 0 Å². The molecule has 0 saturated heterocycles. The molecule has 0 bridgehead atoms. The number of nitrogens with zero attached hydrogens (tertiary/aromatic N) is 6. The predicted molar refractivity (Wildman–Crippen MR) is 125 cm³/mol. The van der Waals surface area contributed by atoms with Gasteiger partial charge in [0.1, 0.15) is 0 Å². The largest absolute Gasteiger partial charge is 0.333 e. The second-order valence-corrected chi connectivity index (χ2v) is 7.72. The van der Waals surface area contributed by atoms with Crippen molar-refractivity contribution >= 4 is 34.4 Å². The summed E-state index contributed by atoms with van der Waals surface area (Å²) in [5.74, 6) is 2.00. The van der Waals surface area contributed by atoms with Gasteiger partial charge in [-0.15, -0.1) is 0 Å². The molecule has 0 unspecified atom stereocenters. The standard InChI is InChI=1S/C25H22N6/c1-3-9-20(10-4-1)30-18-28(22-13-7-15-26-24(22)30)17-29-19-31(21-11-5-2-6-12-21)25-23(29)14-8-16-27-25/h1-16H,17-19H2. The zero-order valence-electron chi connectivity index (χ0n) is 17.0. The summed E-state index contributed by atoms with van der Waals surface area (Å²) >= 11 is 0. The summed E-state index contributed by atoms with van der Waals surface area (Å²) < 4.78 is 0. The molecular formula is C25H22N6. The van der Waals surface area contributed by atoms with Crippen molar-refractivity contribution < 1.29 is 0 Å². The van der Waals surface area contributed by atoms with Gasteiger partial charge in [-0.1, -0.05) is 36.4 Å². The third kappa shape index (κ3) is 3.04. The van der Waals surface area contributed by atoms with Gasteiger partial charge in [-0.05, 0) is 48.5 Å².